The van der Waals surface area contributed by atoms with Crippen LogP contribution in [0.15, 0.2) is 42.6 Å². The summed E-state index contributed by atoms with van der Waals surface area (Å²) in [5.74, 6) is 0. The third-order valence-corrected chi connectivity index (χ3v) is 3.41. The van der Waals surface area contributed by atoms with Crippen LogP contribution in [0, 0.1) is 11.3 Å². The van der Waals surface area contributed by atoms with Gasteiger partial charge in [-0.3, -0.25) is 0 Å². The minimum Gasteiger partial charge on any atom is -0.371 e. The Bertz CT molecular complexity index is 645. The molecule has 0 saturated carbocycles. The van der Waals surface area contributed by atoms with Gasteiger partial charge in [0.15, 0.2) is 0 Å². The van der Waals surface area contributed by atoms with Gasteiger partial charge in [-0.1, -0.05) is 12.1 Å². The zero-order chi connectivity index (χ0) is 13.2. The Morgan fingerprint density at radius 2 is 1.95 bits per heavy atom. The lowest BCUT2D eigenvalue weighted by molar-refractivity contribution is 0.821. The first-order valence-electron chi connectivity index (χ1n) is 6.23. The van der Waals surface area contributed by atoms with Crippen LogP contribution < -0.4 is 9.80 Å². The molecule has 0 bridgehead atoms. The van der Waals surface area contributed by atoms with E-state index in [1.807, 2.05) is 24.3 Å². The molecule has 1 aliphatic heterocycles. The fourth-order valence-electron chi connectivity index (χ4n) is 2.42. The predicted octanol–water partition coefficient (Wildman–Crippen LogP) is 2.54. The van der Waals surface area contributed by atoms with Gasteiger partial charge >= 0.3 is 0 Å². The van der Waals surface area contributed by atoms with Gasteiger partial charge in [-0.25, -0.2) is 4.98 Å². The lowest BCUT2D eigenvalue weighted by Crippen LogP contribution is -2.36. The summed E-state index contributed by atoms with van der Waals surface area (Å²) in [5, 5.41) is 8.96. The predicted molar refractivity (Wildman–Crippen MR) is 75.7 cm³/mol. The maximum atomic E-state index is 8.96. The average molecular weight is 250 g/mol. The van der Waals surface area contributed by atoms with Gasteiger partial charge in [0.2, 0.25) is 0 Å². The highest BCUT2D eigenvalue weighted by Gasteiger charge is 2.21. The first-order chi connectivity index (χ1) is 9.29. The van der Waals surface area contributed by atoms with Crippen molar-refractivity contribution in [3.63, 3.8) is 0 Å². The van der Waals surface area contributed by atoms with Gasteiger partial charge < -0.3 is 9.80 Å². The van der Waals surface area contributed by atoms with E-state index in [2.05, 4.69) is 40.0 Å². The molecule has 0 fully saturated rings. The fraction of sp³-hybridized carbons (Fsp3) is 0.200. The zero-order valence-electron chi connectivity index (χ0n) is 10.7. The Balaban J connectivity index is 2.07. The SMILES string of the molecule is CN1CCN(c2ccnc(C#N)c2)c2ccccc21. The number of pyridine rings is 1. The fourth-order valence-corrected chi connectivity index (χ4v) is 2.42. The van der Waals surface area contributed by atoms with Gasteiger partial charge in [0.1, 0.15) is 11.8 Å². The van der Waals surface area contributed by atoms with E-state index in [9.17, 15) is 0 Å². The summed E-state index contributed by atoms with van der Waals surface area (Å²) < 4.78 is 0. The van der Waals surface area contributed by atoms with Gasteiger partial charge in [0, 0.05) is 32.0 Å². The molecule has 0 radical (unpaired) electrons. The van der Waals surface area contributed by atoms with E-state index in [-0.39, 0.29) is 0 Å². The molecule has 19 heavy (non-hydrogen) atoms. The number of hydrogen-bond acceptors (Lipinski definition) is 4. The van der Waals surface area contributed by atoms with Crippen LogP contribution in [0.3, 0.4) is 0 Å². The Kier molecular flexibility index (Phi) is 2.81. The molecule has 94 valence electrons. The van der Waals surface area contributed by atoms with Crippen molar-refractivity contribution < 1.29 is 0 Å². The monoisotopic (exact) mass is 250 g/mol. The molecule has 1 aromatic carbocycles. The number of benzene rings is 1. The number of para-hydroxylation sites is 2. The van der Waals surface area contributed by atoms with Gasteiger partial charge in [-0.2, -0.15) is 5.26 Å². The molecule has 0 unspecified atom stereocenters. The summed E-state index contributed by atoms with van der Waals surface area (Å²) in [4.78, 5) is 8.51. The van der Waals surface area contributed by atoms with Crippen LogP contribution in [-0.2, 0) is 0 Å². The summed E-state index contributed by atoms with van der Waals surface area (Å²) in [6.07, 6.45) is 1.69. The lowest BCUT2D eigenvalue weighted by Gasteiger charge is -2.36. The minimum absolute atomic E-state index is 0.453. The van der Waals surface area contributed by atoms with Crippen molar-refractivity contribution in [3.05, 3.63) is 48.3 Å². The number of anilines is 3. The summed E-state index contributed by atoms with van der Waals surface area (Å²) >= 11 is 0. The van der Waals surface area contributed by atoms with Crippen LogP contribution in [0.5, 0.6) is 0 Å². The molecule has 0 saturated heterocycles. The van der Waals surface area contributed by atoms with E-state index in [0.717, 1.165) is 18.8 Å². The van der Waals surface area contributed by atoms with Crippen LogP contribution in [0.1, 0.15) is 5.69 Å². The summed E-state index contributed by atoms with van der Waals surface area (Å²) in [6, 6.07) is 14.2. The number of aromatic nitrogens is 1. The van der Waals surface area contributed by atoms with E-state index >= 15 is 0 Å². The van der Waals surface area contributed by atoms with Crippen molar-refractivity contribution in [2.45, 2.75) is 0 Å². The van der Waals surface area contributed by atoms with E-state index in [1.54, 1.807) is 6.20 Å². The highest BCUT2D eigenvalue weighted by atomic mass is 15.3. The molecule has 4 nitrogen and oxygen atoms in total. The van der Waals surface area contributed by atoms with Crippen LogP contribution in [-0.4, -0.2) is 25.1 Å². The van der Waals surface area contributed by atoms with E-state index < -0.39 is 0 Å². The quantitative estimate of drug-likeness (QED) is 0.780. The molecule has 2 aromatic rings. The average Bonchev–Trinajstić information content (AvgIpc) is 2.48. The van der Waals surface area contributed by atoms with E-state index in [4.69, 9.17) is 5.26 Å². The molecule has 4 heteroatoms. The number of nitriles is 1. The Morgan fingerprint density at radius 1 is 1.16 bits per heavy atom. The molecule has 0 N–H and O–H groups in total. The van der Waals surface area contributed by atoms with Gasteiger partial charge in [-0.15, -0.1) is 0 Å². The van der Waals surface area contributed by atoms with E-state index in [0.29, 0.717) is 5.69 Å². The van der Waals surface area contributed by atoms with Crippen LogP contribution in [0.25, 0.3) is 0 Å². The second-order valence-corrected chi connectivity index (χ2v) is 4.57. The Hall–Kier alpha value is -2.54. The number of fused-ring (bicyclic) bond motifs is 1. The van der Waals surface area contributed by atoms with Gasteiger partial charge in [-0.05, 0) is 24.3 Å². The first-order valence-corrected chi connectivity index (χ1v) is 6.23. The third-order valence-electron chi connectivity index (χ3n) is 3.41. The third kappa shape index (κ3) is 2.00. The van der Waals surface area contributed by atoms with Gasteiger partial charge in [0.25, 0.3) is 0 Å². The minimum atomic E-state index is 0.453. The summed E-state index contributed by atoms with van der Waals surface area (Å²) in [6.45, 7) is 1.86. The van der Waals surface area contributed by atoms with Crippen LogP contribution in [0.4, 0.5) is 17.1 Å². The number of likely N-dealkylation sites (N-methyl/N-ethyl adjacent to an activating group) is 1. The van der Waals surface area contributed by atoms with Gasteiger partial charge in [0.05, 0.1) is 11.4 Å². The molecule has 2 heterocycles. The molecular formula is C15H14N4. The summed E-state index contributed by atoms with van der Waals surface area (Å²) in [7, 11) is 2.10. The van der Waals surface area contributed by atoms with Crippen LogP contribution in [0.2, 0.25) is 0 Å². The zero-order valence-corrected chi connectivity index (χ0v) is 10.7. The van der Waals surface area contributed by atoms with Crippen molar-refractivity contribution >= 4 is 17.1 Å². The highest BCUT2D eigenvalue weighted by Crippen LogP contribution is 2.36. The second kappa shape index (κ2) is 4.62. The van der Waals surface area contributed by atoms with Crippen molar-refractivity contribution in [1.82, 2.24) is 4.98 Å². The van der Waals surface area contributed by atoms with Crippen molar-refractivity contribution in [3.8, 4) is 6.07 Å². The summed E-state index contributed by atoms with van der Waals surface area (Å²) in [5.41, 5.74) is 3.86. The molecule has 0 aliphatic carbocycles. The normalized spacial score (nSPS) is 13.9. The molecule has 0 amide bonds. The molecular weight excluding hydrogens is 236 g/mol. The largest absolute Gasteiger partial charge is 0.371 e. The highest BCUT2D eigenvalue weighted by molar-refractivity contribution is 5.79. The van der Waals surface area contributed by atoms with Crippen molar-refractivity contribution in [2.24, 2.45) is 0 Å². The second-order valence-electron chi connectivity index (χ2n) is 4.57. The topological polar surface area (TPSA) is 43.2 Å². The Labute approximate surface area is 112 Å². The molecule has 1 aliphatic rings. The number of rotatable bonds is 1. The maximum absolute atomic E-state index is 8.96. The van der Waals surface area contributed by atoms with E-state index in [1.165, 1.54) is 11.4 Å². The van der Waals surface area contributed by atoms with Crippen molar-refractivity contribution in [2.75, 3.05) is 29.9 Å². The standard InChI is InChI=1S/C15H14N4/c1-18-8-9-19(15-5-3-2-4-14(15)18)13-6-7-17-12(10-13)11-16/h2-7,10H,8-9H2,1H3. The smallest absolute Gasteiger partial charge is 0.142 e. The molecule has 0 atom stereocenters. The maximum Gasteiger partial charge on any atom is 0.142 e. The lowest BCUT2D eigenvalue weighted by atomic mass is 10.1. The van der Waals surface area contributed by atoms with Crippen molar-refractivity contribution in [1.29, 1.82) is 5.26 Å². The number of hydrogen-bond donors (Lipinski definition) is 0. The Morgan fingerprint density at radius 3 is 2.74 bits per heavy atom. The first kappa shape index (κ1) is 11.5. The number of nitrogens with zero attached hydrogens (tertiary/aromatic N) is 4. The molecule has 3 rings (SSSR count). The molecule has 1 aromatic heterocycles. The van der Waals surface area contributed by atoms with Crippen LogP contribution >= 0.6 is 0 Å². The molecule has 0 spiro atoms.